The first-order chi connectivity index (χ1) is 7.91. The Kier molecular flexibility index (Phi) is 3.92. The lowest BCUT2D eigenvalue weighted by Crippen LogP contribution is -2.25. The van der Waals surface area contributed by atoms with Gasteiger partial charge in [-0.15, -0.1) is 0 Å². The lowest BCUT2D eigenvalue weighted by atomic mass is 10.1. The number of nitrogens with zero attached hydrogens (tertiary/aromatic N) is 1. The van der Waals surface area contributed by atoms with Crippen LogP contribution >= 0.6 is 0 Å². The molecule has 0 bridgehead atoms. The molecule has 0 saturated carbocycles. The van der Waals surface area contributed by atoms with E-state index in [0.29, 0.717) is 5.57 Å². The summed E-state index contributed by atoms with van der Waals surface area (Å²) >= 11 is 0. The highest BCUT2D eigenvalue weighted by molar-refractivity contribution is 5.95. The van der Waals surface area contributed by atoms with E-state index in [4.69, 9.17) is 0 Å². The Morgan fingerprint density at radius 2 is 2.24 bits per heavy atom. The average Bonchev–Trinajstić information content (AvgIpc) is 2.26. The fraction of sp³-hybridized carbons (Fsp3) is 0.182. The Labute approximate surface area is 97.1 Å². The van der Waals surface area contributed by atoms with Crippen molar-refractivity contribution in [1.82, 2.24) is 5.32 Å². The number of carbonyl (C=O) groups is 1. The smallest absolute Gasteiger partial charge is 0.270 e. The lowest BCUT2D eigenvalue weighted by Gasteiger charge is -2.05. The summed E-state index contributed by atoms with van der Waals surface area (Å²) in [4.78, 5) is 21.3. The first-order valence-corrected chi connectivity index (χ1v) is 4.78. The highest BCUT2D eigenvalue weighted by atomic mass is 19.1. The zero-order chi connectivity index (χ0) is 13.0. The number of amides is 1. The molecule has 6 heteroatoms. The van der Waals surface area contributed by atoms with Crippen molar-refractivity contribution >= 4 is 11.6 Å². The number of nitrogens with one attached hydrogen (secondary N) is 1. The van der Waals surface area contributed by atoms with Crippen molar-refractivity contribution in [3.63, 3.8) is 0 Å². The normalized spacial score (nSPS) is 9.76. The van der Waals surface area contributed by atoms with Crippen LogP contribution in [-0.2, 0) is 0 Å². The second-order valence-electron chi connectivity index (χ2n) is 3.56. The van der Waals surface area contributed by atoms with Crippen molar-refractivity contribution in [3.05, 3.63) is 51.8 Å². The van der Waals surface area contributed by atoms with E-state index in [0.717, 1.165) is 18.2 Å². The van der Waals surface area contributed by atoms with Crippen molar-refractivity contribution in [2.24, 2.45) is 0 Å². The minimum Gasteiger partial charge on any atom is -0.348 e. The van der Waals surface area contributed by atoms with Gasteiger partial charge >= 0.3 is 0 Å². The van der Waals surface area contributed by atoms with E-state index in [1.165, 1.54) is 0 Å². The van der Waals surface area contributed by atoms with Crippen LogP contribution in [0.1, 0.15) is 17.3 Å². The van der Waals surface area contributed by atoms with Gasteiger partial charge in [0, 0.05) is 18.7 Å². The van der Waals surface area contributed by atoms with Crippen LogP contribution in [0.25, 0.3) is 0 Å². The maximum atomic E-state index is 13.3. The van der Waals surface area contributed by atoms with E-state index < -0.39 is 16.6 Å². The molecule has 1 rings (SSSR count). The summed E-state index contributed by atoms with van der Waals surface area (Å²) in [7, 11) is 0. The Morgan fingerprint density at radius 1 is 1.59 bits per heavy atom. The summed E-state index contributed by atoms with van der Waals surface area (Å²) in [5.41, 5.74) is 0.0246. The average molecular weight is 238 g/mol. The third kappa shape index (κ3) is 3.37. The predicted molar refractivity (Wildman–Crippen MR) is 60.2 cm³/mol. The van der Waals surface area contributed by atoms with Gasteiger partial charge in [0.25, 0.3) is 11.6 Å². The van der Waals surface area contributed by atoms with Crippen LogP contribution in [0.3, 0.4) is 0 Å². The van der Waals surface area contributed by atoms with E-state index in [1.807, 2.05) is 0 Å². The van der Waals surface area contributed by atoms with E-state index in [-0.39, 0.29) is 17.8 Å². The number of rotatable bonds is 4. The maximum Gasteiger partial charge on any atom is 0.270 e. The van der Waals surface area contributed by atoms with Crippen molar-refractivity contribution in [2.75, 3.05) is 6.54 Å². The maximum absolute atomic E-state index is 13.3. The second kappa shape index (κ2) is 5.20. The molecule has 0 unspecified atom stereocenters. The molecule has 0 fully saturated rings. The van der Waals surface area contributed by atoms with Crippen molar-refractivity contribution < 1.29 is 14.1 Å². The molecule has 0 aromatic heterocycles. The molecule has 0 aliphatic carbocycles. The van der Waals surface area contributed by atoms with Gasteiger partial charge in [0.05, 0.1) is 10.5 Å². The highest BCUT2D eigenvalue weighted by Crippen LogP contribution is 2.16. The number of hydrogen-bond acceptors (Lipinski definition) is 3. The minimum atomic E-state index is -0.796. The molecule has 90 valence electrons. The number of hydrogen-bond donors (Lipinski definition) is 1. The molecule has 1 aromatic rings. The predicted octanol–water partition coefficient (Wildman–Crippen LogP) is 2.04. The zero-order valence-electron chi connectivity index (χ0n) is 9.20. The monoisotopic (exact) mass is 238 g/mol. The van der Waals surface area contributed by atoms with Gasteiger partial charge in [-0.3, -0.25) is 14.9 Å². The van der Waals surface area contributed by atoms with E-state index in [1.54, 1.807) is 6.92 Å². The molecule has 0 spiro atoms. The molecule has 17 heavy (non-hydrogen) atoms. The topological polar surface area (TPSA) is 72.2 Å². The van der Waals surface area contributed by atoms with Gasteiger partial charge in [0.1, 0.15) is 5.82 Å². The van der Waals surface area contributed by atoms with Crippen LogP contribution in [0.5, 0.6) is 0 Å². The van der Waals surface area contributed by atoms with E-state index in [9.17, 15) is 19.3 Å². The summed E-state index contributed by atoms with van der Waals surface area (Å²) in [6.45, 7) is 5.47. The van der Waals surface area contributed by atoms with Crippen LogP contribution in [0.2, 0.25) is 0 Å². The molecule has 1 aromatic carbocycles. The Bertz CT molecular complexity index is 486. The van der Waals surface area contributed by atoms with Gasteiger partial charge in [-0.25, -0.2) is 4.39 Å². The third-order valence-electron chi connectivity index (χ3n) is 1.96. The molecule has 1 amide bonds. The van der Waals surface area contributed by atoms with Gasteiger partial charge in [0.2, 0.25) is 0 Å². The van der Waals surface area contributed by atoms with Crippen molar-refractivity contribution in [1.29, 1.82) is 0 Å². The van der Waals surface area contributed by atoms with Gasteiger partial charge < -0.3 is 5.32 Å². The van der Waals surface area contributed by atoms with E-state index in [2.05, 4.69) is 11.9 Å². The molecule has 5 nitrogen and oxygen atoms in total. The van der Waals surface area contributed by atoms with Crippen LogP contribution in [-0.4, -0.2) is 17.4 Å². The number of nitro groups is 1. The van der Waals surface area contributed by atoms with Gasteiger partial charge in [0.15, 0.2) is 0 Å². The Hall–Kier alpha value is -2.24. The minimum absolute atomic E-state index is 0.195. The summed E-state index contributed by atoms with van der Waals surface area (Å²) in [5.74, 6) is -1.50. The van der Waals surface area contributed by atoms with Crippen LogP contribution < -0.4 is 5.32 Å². The first-order valence-electron chi connectivity index (χ1n) is 4.78. The van der Waals surface area contributed by atoms with Crippen molar-refractivity contribution in [3.8, 4) is 0 Å². The fourth-order valence-corrected chi connectivity index (χ4v) is 1.13. The molecule has 0 atom stereocenters. The molecule has 1 N–H and O–H groups in total. The molecule has 0 aliphatic heterocycles. The van der Waals surface area contributed by atoms with Gasteiger partial charge in [-0.05, 0) is 13.0 Å². The number of non-ortho nitro benzene ring substituents is 1. The zero-order valence-corrected chi connectivity index (χ0v) is 9.20. The Balaban J connectivity index is 2.95. The SMILES string of the molecule is C=C(C)CNC(=O)c1cc([N+](=O)[O-])ccc1F. The number of benzene rings is 1. The second-order valence-corrected chi connectivity index (χ2v) is 3.56. The summed E-state index contributed by atoms with van der Waals surface area (Å²) in [6.07, 6.45) is 0. The van der Waals surface area contributed by atoms with E-state index >= 15 is 0 Å². The van der Waals surface area contributed by atoms with Crippen LogP contribution in [0, 0.1) is 15.9 Å². The fourth-order valence-electron chi connectivity index (χ4n) is 1.13. The van der Waals surface area contributed by atoms with Gasteiger partial charge in [-0.1, -0.05) is 12.2 Å². The van der Waals surface area contributed by atoms with Crippen molar-refractivity contribution in [2.45, 2.75) is 6.92 Å². The molecule has 0 aliphatic rings. The molecule has 0 heterocycles. The molecule has 0 saturated heterocycles. The third-order valence-corrected chi connectivity index (χ3v) is 1.96. The standard InChI is InChI=1S/C11H11FN2O3/c1-7(2)6-13-11(15)9-5-8(14(16)17)3-4-10(9)12/h3-5H,1,6H2,2H3,(H,13,15). The molecular formula is C11H11FN2O3. The molecule has 0 radical (unpaired) electrons. The number of halogens is 1. The number of carbonyl (C=O) groups excluding carboxylic acids is 1. The quantitative estimate of drug-likeness (QED) is 0.495. The lowest BCUT2D eigenvalue weighted by molar-refractivity contribution is -0.384. The van der Waals surface area contributed by atoms with Crippen LogP contribution in [0.15, 0.2) is 30.4 Å². The Morgan fingerprint density at radius 3 is 2.76 bits per heavy atom. The van der Waals surface area contributed by atoms with Crippen LogP contribution in [0.4, 0.5) is 10.1 Å². The largest absolute Gasteiger partial charge is 0.348 e. The molecular weight excluding hydrogens is 227 g/mol. The summed E-state index contributed by atoms with van der Waals surface area (Å²) in [5, 5.41) is 12.9. The first kappa shape index (κ1) is 12.8. The summed E-state index contributed by atoms with van der Waals surface area (Å²) in [6, 6.07) is 2.81. The summed E-state index contributed by atoms with van der Waals surface area (Å²) < 4.78 is 13.3. The van der Waals surface area contributed by atoms with Gasteiger partial charge in [-0.2, -0.15) is 0 Å². The number of nitro benzene ring substituents is 1. The highest BCUT2D eigenvalue weighted by Gasteiger charge is 2.16.